The summed E-state index contributed by atoms with van der Waals surface area (Å²) in [6.07, 6.45) is -4.58. The summed E-state index contributed by atoms with van der Waals surface area (Å²) in [5.41, 5.74) is 0.0679. The number of alkyl halides is 3. The van der Waals surface area contributed by atoms with Crippen molar-refractivity contribution in [2.45, 2.75) is 33.0 Å². The van der Waals surface area contributed by atoms with E-state index in [-0.39, 0.29) is 23.7 Å². The number of benzene rings is 1. The van der Waals surface area contributed by atoms with Crippen LogP contribution in [0.4, 0.5) is 36.3 Å². The molecule has 0 saturated carbocycles. The molecule has 0 spiro atoms. The molecular weight excluding hydrogens is 335 g/mol. The number of nitrogens with one attached hydrogen (secondary N) is 3. The van der Waals surface area contributed by atoms with E-state index in [1.165, 1.54) is 6.92 Å². The number of amides is 1. The largest absolute Gasteiger partial charge is 0.433 e. The Morgan fingerprint density at radius 3 is 2.20 bits per heavy atom. The van der Waals surface area contributed by atoms with Gasteiger partial charge in [-0.3, -0.25) is 4.79 Å². The van der Waals surface area contributed by atoms with Gasteiger partial charge >= 0.3 is 6.18 Å². The van der Waals surface area contributed by atoms with Crippen LogP contribution in [0.1, 0.15) is 26.5 Å². The van der Waals surface area contributed by atoms with Crippen molar-refractivity contribution in [3.8, 4) is 0 Å². The van der Waals surface area contributed by atoms with Gasteiger partial charge in [0.1, 0.15) is 5.82 Å². The van der Waals surface area contributed by atoms with Gasteiger partial charge in [0.2, 0.25) is 11.9 Å². The fourth-order valence-corrected chi connectivity index (χ4v) is 1.97. The van der Waals surface area contributed by atoms with Crippen LogP contribution >= 0.6 is 0 Å². The molecule has 2 aromatic rings. The number of rotatable bonds is 5. The lowest BCUT2D eigenvalue weighted by Crippen LogP contribution is -2.17. The maximum Gasteiger partial charge on any atom is 0.433 e. The van der Waals surface area contributed by atoms with Gasteiger partial charge in [-0.25, -0.2) is 4.98 Å². The van der Waals surface area contributed by atoms with Gasteiger partial charge in [0.05, 0.1) is 0 Å². The first-order valence-electron chi connectivity index (χ1n) is 7.51. The van der Waals surface area contributed by atoms with E-state index in [1.807, 2.05) is 0 Å². The summed E-state index contributed by atoms with van der Waals surface area (Å²) in [5, 5.41) is 8.18. The molecule has 0 aliphatic rings. The molecule has 9 heteroatoms. The minimum atomic E-state index is -4.58. The topological polar surface area (TPSA) is 78.9 Å². The van der Waals surface area contributed by atoms with Crippen molar-refractivity contribution in [1.82, 2.24) is 9.97 Å². The van der Waals surface area contributed by atoms with E-state index in [0.717, 1.165) is 6.07 Å². The molecule has 0 radical (unpaired) electrons. The Balaban J connectivity index is 2.26. The number of hydrogen-bond acceptors (Lipinski definition) is 5. The number of hydrogen-bond donors (Lipinski definition) is 3. The molecule has 6 nitrogen and oxygen atoms in total. The second-order valence-corrected chi connectivity index (χ2v) is 5.64. The third kappa shape index (κ3) is 5.63. The molecule has 0 aliphatic heterocycles. The van der Waals surface area contributed by atoms with Gasteiger partial charge in [-0.1, -0.05) is 0 Å². The smallest absolute Gasteiger partial charge is 0.352 e. The molecule has 2 rings (SSSR count). The minimum absolute atomic E-state index is 0.0118. The summed E-state index contributed by atoms with van der Waals surface area (Å²) < 4.78 is 39.0. The summed E-state index contributed by atoms with van der Waals surface area (Å²) >= 11 is 0. The number of aromatic nitrogens is 2. The molecular formula is C16H18F3N5O. The predicted octanol–water partition coefficient (Wildman–Crippen LogP) is 4.02. The highest BCUT2D eigenvalue weighted by Crippen LogP contribution is 2.30. The number of carbonyl (C=O) groups is 1. The van der Waals surface area contributed by atoms with Crippen LogP contribution in [0.5, 0.6) is 0 Å². The summed E-state index contributed by atoms with van der Waals surface area (Å²) in [6.45, 7) is 4.93. The van der Waals surface area contributed by atoms with Crippen molar-refractivity contribution >= 4 is 29.0 Å². The highest BCUT2D eigenvalue weighted by molar-refractivity contribution is 5.88. The Labute approximate surface area is 142 Å². The van der Waals surface area contributed by atoms with Crippen LogP contribution in [0.2, 0.25) is 0 Å². The van der Waals surface area contributed by atoms with Crippen molar-refractivity contribution in [2.24, 2.45) is 0 Å². The first kappa shape index (κ1) is 18.5. The molecule has 0 unspecified atom stereocenters. The van der Waals surface area contributed by atoms with E-state index in [0.29, 0.717) is 11.4 Å². The van der Waals surface area contributed by atoms with Crippen molar-refractivity contribution < 1.29 is 18.0 Å². The Morgan fingerprint density at radius 1 is 1.08 bits per heavy atom. The third-order valence-corrected chi connectivity index (χ3v) is 2.91. The average molecular weight is 353 g/mol. The Morgan fingerprint density at radius 2 is 1.68 bits per heavy atom. The van der Waals surface area contributed by atoms with E-state index >= 15 is 0 Å². The zero-order valence-corrected chi connectivity index (χ0v) is 13.9. The van der Waals surface area contributed by atoms with E-state index in [4.69, 9.17) is 0 Å². The molecule has 1 amide bonds. The van der Waals surface area contributed by atoms with Gasteiger partial charge in [0, 0.05) is 30.4 Å². The predicted molar refractivity (Wildman–Crippen MR) is 89.8 cm³/mol. The highest BCUT2D eigenvalue weighted by Gasteiger charge is 2.33. The summed E-state index contributed by atoms with van der Waals surface area (Å²) in [6, 6.07) is 7.22. The van der Waals surface area contributed by atoms with Crippen LogP contribution in [0.25, 0.3) is 0 Å². The summed E-state index contributed by atoms with van der Waals surface area (Å²) in [4.78, 5) is 18.5. The number of carbonyl (C=O) groups excluding carboxylic acids is 1. The van der Waals surface area contributed by atoms with Gasteiger partial charge in [-0.15, -0.1) is 0 Å². The second-order valence-electron chi connectivity index (χ2n) is 5.64. The van der Waals surface area contributed by atoms with Gasteiger partial charge in [-0.2, -0.15) is 18.2 Å². The molecule has 0 aliphatic carbocycles. The van der Waals surface area contributed by atoms with Crippen LogP contribution in [0.15, 0.2) is 30.3 Å². The SMILES string of the molecule is CC(=O)Nc1ccc(Nc2cc(C(F)(F)F)nc(NC(C)C)n2)cc1. The van der Waals surface area contributed by atoms with Crippen LogP contribution < -0.4 is 16.0 Å². The molecule has 1 heterocycles. The van der Waals surface area contributed by atoms with Gasteiger partial charge in [0.15, 0.2) is 5.69 Å². The summed E-state index contributed by atoms with van der Waals surface area (Å²) in [5.74, 6) is -0.310. The Bertz CT molecular complexity index is 744. The normalized spacial score (nSPS) is 11.3. The van der Waals surface area contributed by atoms with Crippen LogP contribution in [0, 0.1) is 0 Å². The quantitative estimate of drug-likeness (QED) is 0.757. The zero-order valence-electron chi connectivity index (χ0n) is 13.9. The van der Waals surface area contributed by atoms with Crippen LogP contribution in [-0.2, 0) is 11.0 Å². The molecule has 0 saturated heterocycles. The average Bonchev–Trinajstić information content (AvgIpc) is 2.47. The van der Waals surface area contributed by atoms with Crippen molar-refractivity contribution in [3.05, 3.63) is 36.0 Å². The fraction of sp³-hybridized carbons (Fsp3) is 0.312. The van der Waals surface area contributed by atoms with E-state index in [9.17, 15) is 18.0 Å². The lowest BCUT2D eigenvalue weighted by atomic mass is 10.2. The van der Waals surface area contributed by atoms with E-state index in [2.05, 4.69) is 25.9 Å². The molecule has 134 valence electrons. The summed E-state index contributed by atoms with van der Waals surface area (Å²) in [7, 11) is 0. The lowest BCUT2D eigenvalue weighted by molar-refractivity contribution is -0.141. The number of anilines is 4. The number of halogens is 3. The Hall–Kier alpha value is -2.84. The molecule has 1 aromatic heterocycles. The van der Waals surface area contributed by atoms with E-state index < -0.39 is 11.9 Å². The van der Waals surface area contributed by atoms with E-state index in [1.54, 1.807) is 38.1 Å². The van der Waals surface area contributed by atoms with Crippen molar-refractivity contribution in [3.63, 3.8) is 0 Å². The molecule has 3 N–H and O–H groups in total. The first-order valence-corrected chi connectivity index (χ1v) is 7.51. The van der Waals surface area contributed by atoms with Crippen LogP contribution in [-0.4, -0.2) is 21.9 Å². The Kier molecular flexibility index (Phi) is 5.45. The maximum atomic E-state index is 13.0. The van der Waals surface area contributed by atoms with Crippen molar-refractivity contribution in [1.29, 1.82) is 0 Å². The molecule has 0 atom stereocenters. The highest BCUT2D eigenvalue weighted by atomic mass is 19.4. The maximum absolute atomic E-state index is 13.0. The monoisotopic (exact) mass is 353 g/mol. The van der Waals surface area contributed by atoms with Gasteiger partial charge < -0.3 is 16.0 Å². The molecule has 25 heavy (non-hydrogen) atoms. The third-order valence-electron chi connectivity index (χ3n) is 2.91. The molecule has 1 aromatic carbocycles. The van der Waals surface area contributed by atoms with Gasteiger partial charge in [0.25, 0.3) is 0 Å². The lowest BCUT2D eigenvalue weighted by Gasteiger charge is -2.14. The van der Waals surface area contributed by atoms with Crippen LogP contribution in [0.3, 0.4) is 0 Å². The second kappa shape index (κ2) is 7.37. The standard InChI is InChI=1S/C16H18F3N5O/c1-9(2)20-15-23-13(16(17,18)19)8-14(24-15)22-12-6-4-11(5-7-12)21-10(3)25/h4-9H,1-3H3,(H,21,25)(H2,20,22,23,24). The molecule has 0 fully saturated rings. The first-order chi connectivity index (χ1) is 11.6. The molecule has 0 bridgehead atoms. The zero-order chi connectivity index (χ0) is 18.6. The van der Waals surface area contributed by atoms with Gasteiger partial charge in [-0.05, 0) is 38.1 Å². The number of nitrogens with zero attached hydrogens (tertiary/aromatic N) is 2. The minimum Gasteiger partial charge on any atom is -0.352 e. The van der Waals surface area contributed by atoms with Crippen molar-refractivity contribution in [2.75, 3.05) is 16.0 Å². The fourth-order valence-electron chi connectivity index (χ4n) is 1.97.